The summed E-state index contributed by atoms with van der Waals surface area (Å²) in [6, 6.07) is 3.42. The van der Waals surface area contributed by atoms with E-state index < -0.39 is 16.9 Å². The molecule has 0 saturated heterocycles. The molecule has 10 heteroatoms. The highest BCUT2D eigenvalue weighted by molar-refractivity contribution is 6.01. The summed E-state index contributed by atoms with van der Waals surface area (Å²) in [6.07, 6.45) is 0.467. The maximum atomic E-state index is 12.3. The molecule has 0 radical (unpaired) electrons. The van der Waals surface area contributed by atoms with Gasteiger partial charge in [0, 0.05) is 18.6 Å². The Morgan fingerprint density at radius 1 is 1.48 bits per heavy atom. The van der Waals surface area contributed by atoms with E-state index in [1.165, 1.54) is 16.8 Å². The number of nitro groups is 1. The maximum absolute atomic E-state index is 12.3. The Morgan fingerprint density at radius 2 is 2.24 bits per heavy atom. The molecule has 1 aliphatic rings. The zero-order chi connectivity index (χ0) is 18.1. The van der Waals surface area contributed by atoms with Crippen LogP contribution in [0.1, 0.15) is 30.8 Å². The van der Waals surface area contributed by atoms with Gasteiger partial charge in [0.25, 0.3) is 11.6 Å². The van der Waals surface area contributed by atoms with E-state index in [1.54, 1.807) is 13.0 Å². The number of rotatable bonds is 5. The minimum absolute atomic E-state index is 0.120. The molecule has 0 unspecified atom stereocenters. The van der Waals surface area contributed by atoms with Crippen LogP contribution in [0.15, 0.2) is 18.2 Å². The Bertz CT molecular complexity index is 875. The fourth-order valence-corrected chi connectivity index (χ4v) is 2.54. The Balaban J connectivity index is 1.75. The van der Waals surface area contributed by atoms with Crippen LogP contribution in [0.5, 0.6) is 0 Å². The zero-order valence-electron chi connectivity index (χ0n) is 13.6. The molecule has 0 bridgehead atoms. The smallest absolute Gasteiger partial charge is 0.271 e. The first kappa shape index (κ1) is 16.6. The molecule has 1 aromatic heterocycles. The third-order valence-corrected chi connectivity index (χ3v) is 3.91. The van der Waals surface area contributed by atoms with E-state index in [0.717, 1.165) is 0 Å². The number of aryl methyl sites for hydroxylation is 2. The highest BCUT2D eigenvalue weighted by Crippen LogP contribution is 2.27. The van der Waals surface area contributed by atoms with Crippen LogP contribution in [0, 0.1) is 17.0 Å². The minimum atomic E-state index is -0.790. The first-order chi connectivity index (χ1) is 11.9. The number of nitrogens with zero attached hydrogens (tertiary/aromatic N) is 4. The number of nitrogens with one attached hydrogen (secondary N) is 2. The molecule has 3 rings (SSSR count). The summed E-state index contributed by atoms with van der Waals surface area (Å²) in [5, 5.41) is 20.3. The largest absolute Gasteiger partial charge is 0.326 e. The number of anilines is 2. The summed E-state index contributed by atoms with van der Waals surface area (Å²) in [5.41, 5.74) is 0.904. The third-order valence-electron chi connectivity index (χ3n) is 3.91. The van der Waals surface area contributed by atoms with Crippen molar-refractivity contribution in [1.82, 2.24) is 14.8 Å². The van der Waals surface area contributed by atoms with Gasteiger partial charge in [0.1, 0.15) is 6.04 Å². The Labute approximate surface area is 142 Å². The zero-order valence-corrected chi connectivity index (χ0v) is 13.6. The summed E-state index contributed by atoms with van der Waals surface area (Å²) in [4.78, 5) is 38.8. The molecule has 2 N–H and O–H groups in total. The van der Waals surface area contributed by atoms with Crippen LogP contribution < -0.4 is 10.6 Å². The van der Waals surface area contributed by atoms with Gasteiger partial charge in [-0.2, -0.15) is 10.1 Å². The summed E-state index contributed by atoms with van der Waals surface area (Å²) in [5.74, 6) is 0.106. The molecule has 130 valence electrons. The Kier molecular flexibility index (Phi) is 4.17. The number of hydrogen-bond donors (Lipinski definition) is 2. The number of amides is 2. The van der Waals surface area contributed by atoms with Crippen molar-refractivity contribution in [2.24, 2.45) is 0 Å². The molecule has 0 aliphatic carbocycles. The lowest BCUT2D eigenvalue weighted by atomic mass is 10.1. The second-order valence-corrected chi connectivity index (χ2v) is 5.66. The van der Waals surface area contributed by atoms with Gasteiger partial charge in [-0.1, -0.05) is 13.0 Å². The number of benzene rings is 1. The molecule has 10 nitrogen and oxygen atoms in total. The SMILES string of the molecule is CCc1nc2n(n1)[C@H](CC(=O)Nc1cc([N+](=O)[O-])ccc1C)C(=O)N2. The highest BCUT2D eigenvalue weighted by atomic mass is 16.6. The van der Waals surface area contributed by atoms with Crippen LogP contribution in [0.2, 0.25) is 0 Å². The van der Waals surface area contributed by atoms with Crippen molar-refractivity contribution in [3.63, 3.8) is 0 Å². The van der Waals surface area contributed by atoms with Crippen molar-refractivity contribution in [3.8, 4) is 0 Å². The van der Waals surface area contributed by atoms with E-state index in [-0.39, 0.29) is 18.0 Å². The molecule has 0 fully saturated rings. The molecule has 2 aromatic rings. The fraction of sp³-hybridized carbons (Fsp3) is 0.333. The average Bonchev–Trinajstić information content (AvgIpc) is 3.08. The Hall–Kier alpha value is -3.30. The van der Waals surface area contributed by atoms with E-state index in [0.29, 0.717) is 29.4 Å². The summed E-state index contributed by atoms with van der Waals surface area (Å²) >= 11 is 0. The predicted octanol–water partition coefficient (Wildman–Crippen LogP) is 1.58. The molecular weight excluding hydrogens is 328 g/mol. The lowest BCUT2D eigenvalue weighted by Gasteiger charge is -2.11. The third kappa shape index (κ3) is 3.18. The summed E-state index contributed by atoms with van der Waals surface area (Å²) < 4.78 is 1.40. The van der Waals surface area contributed by atoms with Gasteiger partial charge in [-0.15, -0.1) is 0 Å². The van der Waals surface area contributed by atoms with Gasteiger partial charge in [-0.05, 0) is 12.5 Å². The quantitative estimate of drug-likeness (QED) is 0.625. The molecule has 0 saturated carbocycles. The summed E-state index contributed by atoms with van der Waals surface area (Å²) in [7, 11) is 0. The molecule has 2 amide bonds. The normalized spacial score (nSPS) is 15.6. The topological polar surface area (TPSA) is 132 Å². The molecule has 1 atom stereocenters. The van der Waals surface area contributed by atoms with Gasteiger partial charge in [0.05, 0.1) is 17.0 Å². The van der Waals surface area contributed by atoms with Crippen LogP contribution in [0.4, 0.5) is 17.3 Å². The van der Waals surface area contributed by atoms with Gasteiger partial charge < -0.3 is 5.32 Å². The lowest BCUT2D eigenvalue weighted by molar-refractivity contribution is -0.384. The molecule has 1 aromatic carbocycles. The van der Waals surface area contributed by atoms with Crippen molar-refractivity contribution in [2.45, 2.75) is 32.7 Å². The van der Waals surface area contributed by atoms with Crippen LogP contribution in [0.3, 0.4) is 0 Å². The lowest BCUT2D eigenvalue weighted by Crippen LogP contribution is -2.24. The minimum Gasteiger partial charge on any atom is -0.326 e. The van der Waals surface area contributed by atoms with Gasteiger partial charge >= 0.3 is 0 Å². The van der Waals surface area contributed by atoms with Gasteiger partial charge in [-0.25, -0.2) is 4.68 Å². The van der Waals surface area contributed by atoms with Crippen molar-refractivity contribution < 1.29 is 14.5 Å². The van der Waals surface area contributed by atoms with Crippen molar-refractivity contribution in [2.75, 3.05) is 10.6 Å². The van der Waals surface area contributed by atoms with Crippen molar-refractivity contribution in [1.29, 1.82) is 0 Å². The standard InChI is InChI=1S/C15H16N6O4/c1-3-12-17-15-18-14(23)11(20(15)19-12)7-13(22)16-10-6-9(21(24)25)5-4-8(10)2/h4-6,11H,3,7H2,1-2H3,(H,16,22)(H,17,18,19,23)/t11-/m1/s1. The molecule has 1 aliphatic heterocycles. The van der Waals surface area contributed by atoms with E-state index in [9.17, 15) is 19.7 Å². The summed E-state index contributed by atoms with van der Waals surface area (Å²) in [6.45, 7) is 3.62. The number of carbonyl (C=O) groups excluding carboxylic acids is 2. The number of hydrogen-bond acceptors (Lipinski definition) is 6. The molecule has 0 spiro atoms. The highest BCUT2D eigenvalue weighted by Gasteiger charge is 2.34. The van der Waals surface area contributed by atoms with Crippen LogP contribution in [-0.4, -0.2) is 31.5 Å². The van der Waals surface area contributed by atoms with Gasteiger partial charge in [0.15, 0.2) is 5.82 Å². The van der Waals surface area contributed by atoms with E-state index in [2.05, 4.69) is 20.7 Å². The first-order valence-electron chi connectivity index (χ1n) is 7.70. The van der Waals surface area contributed by atoms with E-state index in [1.807, 2.05) is 6.92 Å². The number of non-ortho nitro benzene ring substituents is 1. The average molecular weight is 344 g/mol. The number of nitro benzene ring substituents is 1. The van der Waals surface area contributed by atoms with Gasteiger partial charge in [-0.3, -0.25) is 25.0 Å². The molecule has 2 heterocycles. The monoisotopic (exact) mass is 344 g/mol. The van der Waals surface area contributed by atoms with E-state index >= 15 is 0 Å². The molecule has 25 heavy (non-hydrogen) atoms. The second-order valence-electron chi connectivity index (χ2n) is 5.66. The Morgan fingerprint density at radius 3 is 2.92 bits per heavy atom. The maximum Gasteiger partial charge on any atom is 0.271 e. The van der Waals surface area contributed by atoms with Crippen molar-refractivity contribution >= 4 is 29.1 Å². The molecular formula is C15H16N6O4. The van der Waals surface area contributed by atoms with Gasteiger partial charge in [0.2, 0.25) is 11.9 Å². The van der Waals surface area contributed by atoms with Crippen LogP contribution in [-0.2, 0) is 16.0 Å². The predicted molar refractivity (Wildman–Crippen MR) is 88.1 cm³/mol. The van der Waals surface area contributed by atoms with Crippen molar-refractivity contribution in [3.05, 3.63) is 39.7 Å². The van der Waals surface area contributed by atoms with Crippen LogP contribution in [0.25, 0.3) is 0 Å². The van der Waals surface area contributed by atoms with E-state index in [4.69, 9.17) is 0 Å². The first-order valence-corrected chi connectivity index (χ1v) is 7.70. The van der Waals surface area contributed by atoms with Crippen LogP contribution >= 0.6 is 0 Å². The number of carbonyl (C=O) groups is 2. The number of aromatic nitrogens is 3. The second kappa shape index (κ2) is 6.30. The number of fused-ring (bicyclic) bond motifs is 1. The fourth-order valence-electron chi connectivity index (χ4n) is 2.54.